The lowest BCUT2D eigenvalue weighted by Gasteiger charge is -2.25. The summed E-state index contributed by atoms with van der Waals surface area (Å²) >= 11 is 0. The highest BCUT2D eigenvalue weighted by atomic mass is 16.5. The van der Waals surface area contributed by atoms with Crippen molar-refractivity contribution in [3.8, 4) is 5.75 Å². The summed E-state index contributed by atoms with van der Waals surface area (Å²) in [6, 6.07) is 12.7. The number of ether oxygens (including phenoxy) is 2. The van der Waals surface area contributed by atoms with E-state index in [2.05, 4.69) is 13.8 Å². The summed E-state index contributed by atoms with van der Waals surface area (Å²) < 4.78 is 10.9. The fourth-order valence-corrected chi connectivity index (χ4v) is 4.62. The van der Waals surface area contributed by atoms with Crippen molar-refractivity contribution in [2.75, 3.05) is 20.3 Å². The number of methoxy groups -OCH3 is 1. The number of ketones is 1. The van der Waals surface area contributed by atoms with Gasteiger partial charge in [-0.05, 0) is 54.2 Å². The van der Waals surface area contributed by atoms with E-state index >= 15 is 0 Å². The molecule has 2 atom stereocenters. The summed E-state index contributed by atoms with van der Waals surface area (Å²) in [5.41, 5.74) is 3.60. The van der Waals surface area contributed by atoms with Crippen LogP contribution >= 0.6 is 0 Å². The molecule has 0 aromatic heterocycles. The van der Waals surface area contributed by atoms with Gasteiger partial charge in [0.05, 0.1) is 11.6 Å². The number of likely N-dealkylation sites (tertiary alicyclic amines) is 1. The van der Waals surface area contributed by atoms with Crippen molar-refractivity contribution in [3.05, 3.63) is 70.3 Å². The van der Waals surface area contributed by atoms with Crippen LogP contribution in [0.3, 0.4) is 0 Å². The van der Waals surface area contributed by atoms with Gasteiger partial charge in [0.1, 0.15) is 17.6 Å². The highest BCUT2D eigenvalue weighted by Gasteiger charge is 2.45. The molecule has 0 bridgehead atoms. The van der Waals surface area contributed by atoms with Gasteiger partial charge < -0.3 is 19.5 Å². The van der Waals surface area contributed by atoms with Gasteiger partial charge in [0.2, 0.25) is 0 Å². The number of rotatable bonds is 7. The van der Waals surface area contributed by atoms with Crippen molar-refractivity contribution >= 4 is 17.4 Å². The zero-order valence-electron chi connectivity index (χ0n) is 19.6. The number of fused-ring (bicyclic) bond motifs is 1. The van der Waals surface area contributed by atoms with Crippen molar-refractivity contribution in [2.45, 2.75) is 51.7 Å². The van der Waals surface area contributed by atoms with Gasteiger partial charge in [-0.1, -0.05) is 38.1 Å². The second-order valence-electron chi connectivity index (χ2n) is 9.12. The van der Waals surface area contributed by atoms with Gasteiger partial charge in [-0.25, -0.2) is 0 Å². The normalized spacial score (nSPS) is 21.5. The zero-order valence-corrected chi connectivity index (χ0v) is 19.6. The van der Waals surface area contributed by atoms with Gasteiger partial charge in [0, 0.05) is 32.2 Å². The molecular weight excluding hydrogens is 418 g/mol. The first-order chi connectivity index (χ1) is 15.8. The highest BCUT2D eigenvalue weighted by Crippen LogP contribution is 2.41. The van der Waals surface area contributed by atoms with Crippen molar-refractivity contribution in [2.24, 2.45) is 0 Å². The number of aliphatic hydroxyl groups excluding tert-OH is 1. The molecule has 1 amide bonds. The molecule has 2 aliphatic heterocycles. The Kier molecular flexibility index (Phi) is 6.56. The topological polar surface area (TPSA) is 76.1 Å². The number of carbonyl (C=O) groups is 2. The van der Waals surface area contributed by atoms with E-state index in [0.29, 0.717) is 31.1 Å². The molecule has 0 spiro atoms. The Morgan fingerprint density at radius 3 is 2.58 bits per heavy atom. The Morgan fingerprint density at radius 2 is 1.91 bits per heavy atom. The number of carbonyl (C=O) groups excluding carboxylic acids is 2. The number of hydrogen-bond donors (Lipinski definition) is 1. The molecule has 4 rings (SSSR count). The van der Waals surface area contributed by atoms with Crippen LogP contribution in [0.2, 0.25) is 0 Å². The molecule has 2 aromatic carbocycles. The van der Waals surface area contributed by atoms with E-state index < -0.39 is 17.7 Å². The average molecular weight is 450 g/mol. The van der Waals surface area contributed by atoms with Crippen LogP contribution in [-0.4, -0.2) is 48.1 Å². The Labute approximate surface area is 194 Å². The Balaban J connectivity index is 1.79. The Bertz CT molecular complexity index is 1090. The third-order valence-electron chi connectivity index (χ3n) is 6.38. The van der Waals surface area contributed by atoms with Gasteiger partial charge in [-0.15, -0.1) is 0 Å². The summed E-state index contributed by atoms with van der Waals surface area (Å²) in [6.07, 6.45) is 1.41. The second-order valence-corrected chi connectivity index (χ2v) is 9.12. The van der Waals surface area contributed by atoms with Crippen LogP contribution in [0.4, 0.5) is 0 Å². The lowest BCUT2D eigenvalue weighted by atomic mass is 9.92. The summed E-state index contributed by atoms with van der Waals surface area (Å²) in [7, 11) is 1.61. The minimum absolute atomic E-state index is 0.0724. The fraction of sp³-hybridized carbons (Fsp3) is 0.407. The smallest absolute Gasteiger partial charge is 0.295 e. The number of amides is 1. The lowest BCUT2D eigenvalue weighted by Crippen LogP contribution is -2.31. The minimum Gasteiger partial charge on any atom is -0.507 e. The average Bonchev–Trinajstić information content (AvgIpc) is 3.29. The van der Waals surface area contributed by atoms with E-state index in [1.807, 2.05) is 43.3 Å². The number of hydrogen-bond acceptors (Lipinski definition) is 5. The molecule has 33 heavy (non-hydrogen) atoms. The van der Waals surface area contributed by atoms with Crippen LogP contribution in [0, 0.1) is 0 Å². The molecule has 0 aliphatic carbocycles. The minimum atomic E-state index is -0.659. The van der Waals surface area contributed by atoms with E-state index in [9.17, 15) is 14.7 Å². The number of benzene rings is 2. The summed E-state index contributed by atoms with van der Waals surface area (Å²) in [5.74, 6) is -0.248. The molecule has 2 aliphatic rings. The molecule has 2 heterocycles. The summed E-state index contributed by atoms with van der Waals surface area (Å²) in [4.78, 5) is 27.7. The van der Waals surface area contributed by atoms with Crippen LogP contribution < -0.4 is 4.74 Å². The van der Waals surface area contributed by atoms with Crippen molar-refractivity contribution in [1.29, 1.82) is 0 Å². The molecular formula is C27H31NO5. The van der Waals surface area contributed by atoms with Crippen LogP contribution in [0.1, 0.15) is 61.4 Å². The van der Waals surface area contributed by atoms with Crippen LogP contribution in [0.15, 0.2) is 48.0 Å². The largest absolute Gasteiger partial charge is 0.507 e. The first-order valence-electron chi connectivity index (χ1n) is 11.5. The monoisotopic (exact) mass is 449 g/mol. The maximum atomic E-state index is 13.1. The van der Waals surface area contributed by atoms with E-state index in [0.717, 1.165) is 23.3 Å². The second kappa shape index (κ2) is 9.40. The highest BCUT2D eigenvalue weighted by molar-refractivity contribution is 6.46. The van der Waals surface area contributed by atoms with Gasteiger partial charge in [-0.2, -0.15) is 0 Å². The zero-order chi connectivity index (χ0) is 23.7. The number of Topliss-reactive ketones (excluding diaryl/α,β-unsaturated/α-hetero) is 1. The Hall–Kier alpha value is -3.12. The van der Waals surface area contributed by atoms with Crippen LogP contribution in [0.5, 0.6) is 5.75 Å². The lowest BCUT2D eigenvalue weighted by molar-refractivity contribution is -0.140. The van der Waals surface area contributed by atoms with Crippen LogP contribution in [0.25, 0.3) is 5.76 Å². The van der Waals surface area contributed by atoms with E-state index in [4.69, 9.17) is 9.47 Å². The molecule has 6 heteroatoms. The first-order valence-corrected chi connectivity index (χ1v) is 11.5. The summed E-state index contributed by atoms with van der Waals surface area (Å²) in [6.45, 7) is 7.06. The van der Waals surface area contributed by atoms with Crippen molar-refractivity contribution in [3.63, 3.8) is 0 Å². The molecule has 0 radical (unpaired) electrons. The first kappa shape index (κ1) is 23.1. The SMILES string of the molecule is COCCCN1C(=O)C(=O)C(=C(O)c2ccc3c(c2)C[C@@H](C)O3)[C@@H]1c1ccc(C(C)C)cc1. The number of aliphatic hydroxyl groups is 1. The predicted molar refractivity (Wildman–Crippen MR) is 126 cm³/mol. The summed E-state index contributed by atoms with van der Waals surface area (Å²) in [5, 5.41) is 11.3. The van der Waals surface area contributed by atoms with Crippen LogP contribution in [-0.2, 0) is 20.7 Å². The quantitative estimate of drug-likeness (QED) is 0.290. The van der Waals surface area contributed by atoms with Gasteiger partial charge in [0.15, 0.2) is 0 Å². The molecule has 1 saturated heterocycles. The Morgan fingerprint density at radius 1 is 1.18 bits per heavy atom. The fourth-order valence-electron chi connectivity index (χ4n) is 4.62. The van der Waals surface area contributed by atoms with Gasteiger partial charge in [-0.3, -0.25) is 9.59 Å². The van der Waals surface area contributed by atoms with E-state index in [1.165, 1.54) is 5.56 Å². The molecule has 0 unspecified atom stereocenters. The standard InChI is InChI=1S/C27H31NO5/c1-16(2)18-6-8-19(9-7-18)24-23(26(30)27(31)28(24)12-5-13-32-4)25(29)20-10-11-22-21(15-20)14-17(3)33-22/h6-11,15-17,24,29H,5,12-14H2,1-4H3/t17-,24+/m1/s1. The molecule has 2 aromatic rings. The van der Waals surface area contributed by atoms with Gasteiger partial charge >= 0.3 is 0 Å². The van der Waals surface area contributed by atoms with Gasteiger partial charge in [0.25, 0.3) is 11.7 Å². The maximum absolute atomic E-state index is 13.1. The van der Waals surface area contributed by atoms with Crippen molar-refractivity contribution in [1.82, 2.24) is 4.90 Å². The molecule has 6 nitrogen and oxygen atoms in total. The molecule has 0 saturated carbocycles. The van der Waals surface area contributed by atoms with Crippen molar-refractivity contribution < 1.29 is 24.2 Å². The maximum Gasteiger partial charge on any atom is 0.295 e. The third kappa shape index (κ3) is 4.40. The van der Waals surface area contributed by atoms with E-state index in [-0.39, 0.29) is 17.4 Å². The molecule has 1 N–H and O–H groups in total. The third-order valence-corrected chi connectivity index (χ3v) is 6.38. The predicted octanol–water partition coefficient (Wildman–Crippen LogP) is 4.59. The number of nitrogens with zero attached hydrogens (tertiary/aromatic N) is 1. The molecule has 1 fully saturated rings. The van der Waals surface area contributed by atoms with E-state index in [1.54, 1.807) is 18.1 Å². The molecule has 174 valence electrons.